The third-order valence-electron chi connectivity index (χ3n) is 8.75. The van der Waals surface area contributed by atoms with Crippen LogP contribution in [0, 0.1) is 0 Å². The smallest absolute Gasteiger partial charge is 0.164 e. The van der Waals surface area contributed by atoms with Gasteiger partial charge in [0.2, 0.25) is 0 Å². The predicted octanol–water partition coefficient (Wildman–Crippen LogP) is 11.3. The first-order chi connectivity index (χ1) is 23.3. The minimum atomic E-state index is 0.596. The molecule has 2 heterocycles. The summed E-state index contributed by atoms with van der Waals surface area (Å²) in [6, 6.07) is 56.2. The standard InChI is InChI=1S/C43H27N3O/c1-3-13-28(14-4-1)31-19-11-20-32(27-31)41-44-42(35-23-12-18-29-17-7-8-21-33(29)35)46-43(45-41)37-26-25-34(30-15-5-2-6-16-30)40-39(37)36-22-9-10-24-38(36)47-40/h1-27H. The molecule has 7 aromatic carbocycles. The number of benzene rings is 7. The highest BCUT2D eigenvalue weighted by molar-refractivity contribution is 6.15. The minimum Gasteiger partial charge on any atom is -0.455 e. The number of hydrogen-bond acceptors (Lipinski definition) is 4. The highest BCUT2D eigenvalue weighted by Gasteiger charge is 2.21. The molecular formula is C43H27N3O. The van der Waals surface area contributed by atoms with Gasteiger partial charge in [-0.3, -0.25) is 0 Å². The average molecular weight is 602 g/mol. The van der Waals surface area contributed by atoms with Crippen molar-refractivity contribution >= 4 is 32.7 Å². The van der Waals surface area contributed by atoms with Gasteiger partial charge in [0.15, 0.2) is 17.5 Å². The van der Waals surface area contributed by atoms with Gasteiger partial charge in [0.25, 0.3) is 0 Å². The van der Waals surface area contributed by atoms with Crippen molar-refractivity contribution in [1.29, 1.82) is 0 Å². The summed E-state index contributed by atoms with van der Waals surface area (Å²) in [5, 5.41) is 4.24. The van der Waals surface area contributed by atoms with Crippen molar-refractivity contribution in [2.45, 2.75) is 0 Å². The van der Waals surface area contributed by atoms with Gasteiger partial charge in [0.05, 0.1) is 0 Å². The lowest BCUT2D eigenvalue weighted by atomic mass is 9.98. The van der Waals surface area contributed by atoms with E-state index in [2.05, 4.69) is 133 Å². The van der Waals surface area contributed by atoms with E-state index in [0.29, 0.717) is 17.5 Å². The molecule has 0 N–H and O–H groups in total. The zero-order chi connectivity index (χ0) is 31.2. The molecule has 0 aliphatic carbocycles. The molecule has 220 valence electrons. The molecule has 0 aliphatic heterocycles. The predicted molar refractivity (Wildman–Crippen MR) is 192 cm³/mol. The van der Waals surface area contributed by atoms with Crippen molar-refractivity contribution < 1.29 is 4.42 Å². The zero-order valence-electron chi connectivity index (χ0n) is 25.3. The van der Waals surface area contributed by atoms with Gasteiger partial charge >= 0.3 is 0 Å². The Balaban J connectivity index is 1.33. The Morgan fingerprint density at radius 2 is 0.936 bits per heavy atom. The van der Waals surface area contributed by atoms with Crippen LogP contribution < -0.4 is 0 Å². The van der Waals surface area contributed by atoms with Gasteiger partial charge in [-0.05, 0) is 51.7 Å². The summed E-state index contributed by atoms with van der Waals surface area (Å²) in [5.41, 5.74) is 8.78. The van der Waals surface area contributed by atoms with Crippen LogP contribution in [0.5, 0.6) is 0 Å². The molecule has 4 nitrogen and oxygen atoms in total. The number of para-hydroxylation sites is 1. The Morgan fingerprint density at radius 3 is 1.77 bits per heavy atom. The molecule has 0 radical (unpaired) electrons. The van der Waals surface area contributed by atoms with Crippen molar-refractivity contribution in [2.24, 2.45) is 0 Å². The van der Waals surface area contributed by atoms with E-state index < -0.39 is 0 Å². The van der Waals surface area contributed by atoms with Crippen molar-refractivity contribution in [3.05, 3.63) is 164 Å². The fourth-order valence-corrected chi connectivity index (χ4v) is 6.49. The third kappa shape index (κ3) is 4.75. The van der Waals surface area contributed by atoms with E-state index in [0.717, 1.165) is 71.7 Å². The van der Waals surface area contributed by atoms with Gasteiger partial charge in [-0.2, -0.15) is 0 Å². The second-order valence-corrected chi connectivity index (χ2v) is 11.6. The van der Waals surface area contributed by atoms with Gasteiger partial charge in [-0.1, -0.05) is 140 Å². The summed E-state index contributed by atoms with van der Waals surface area (Å²) in [7, 11) is 0. The lowest BCUT2D eigenvalue weighted by molar-refractivity contribution is 0.670. The SMILES string of the molecule is c1ccc(-c2cccc(-c3nc(-c4cccc5ccccc45)nc(-c4ccc(-c5ccccc5)c5oc6ccccc6c45)n3)c2)cc1. The van der Waals surface area contributed by atoms with Crippen LogP contribution in [0.3, 0.4) is 0 Å². The maximum Gasteiger partial charge on any atom is 0.164 e. The molecule has 0 saturated carbocycles. The fourth-order valence-electron chi connectivity index (χ4n) is 6.49. The van der Waals surface area contributed by atoms with E-state index in [1.807, 2.05) is 30.3 Å². The molecule has 47 heavy (non-hydrogen) atoms. The number of aromatic nitrogens is 3. The number of fused-ring (bicyclic) bond motifs is 4. The van der Waals surface area contributed by atoms with Gasteiger partial charge in [-0.15, -0.1) is 0 Å². The van der Waals surface area contributed by atoms with E-state index in [1.54, 1.807) is 0 Å². The minimum absolute atomic E-state index is 0.596. The number of nitrogens with zero attached hydrogens (tertiary/aromatic N) is 3. The Hall–Kier alpha value is -6.39. The van der Waals surface area contributed by atoms with Crippen LogP contribution in [0.25, 0.3) is 89.1 Å². The highest BCUT2D eigenvalue weighted by Crippen LogP contribution is 2.41. The fraction of sp³-hybridized carbons (Fsp3) is 0. The van der Waals surface area contributed by atoms with Crippen LogP contribution in [-0.2, 0) is 0 Å². The van der Waals surface area contributed by atoms with Crippen molar-refractivity contribution in [3.8, 4) is 56.4 Å². The summed E-state index contributed by atoms with van der Waals surface area (Å²) in [6.07, 6.45) is 0. The molecule has 0 amide bonds. The summed E-state index contributed by atoms with van der Waals surface area (Å²) in [4.78, 5) is 15.5. The van der Waals surface area contributed by atoms with Crippen molar-refractivity contribution in [2.75, 3.05) is 0 Å². The molecule has 0 bridgehead atoms. The first kappa shape index (κ1) is 27.0. The van der Waals surface area contributed by atoms with Crippen LogP contribution in [0.15, 0.2) is 168 Å². The molecule has 0 saturated heterocycles. The van der Waals surface area contributed by atoms with E-state index in [1.165, 1.54) is 0 Å². The largest absolute Gasteiger partial charge is 0.455 e. The maximum atomic E-state index is 6.58. The second kappa shape index (κ2) is 11.2. The lowest BCUT2D eigenvalue weighted by Crippen LogP contribution is -2.01. The van der Waals surface area contributed by atoms with Crippen molar-refractivity contribution in [1.82, 2.24) is 15.0 Å². The average Bonchev–Trinajstić information content (AvgIpc) is 3.55. The van der Waals surface area contributed by atoms with Gasteiger partial charge < -0.3 is 4.42 Å². The molecule has 0 aliphatic rings. The quantitative estimate of drug-likeness (QED) is 0.197. The number of furan rings is 1. The Labute approximate surface area is 271 Å². The molecule has 0 fully saturated rings. The van der Waals surface area contributed by atoms with Gasteiger partial charge in [-0.25, -0.2) is 15.0 Å². The third-order valence-corrected chi connectivity index (χ3v) is 8.75. The molecule has 9 aromatic rings. The molecular weight excluding hydrogens is 574 g/mol. The molecule has 0 unspecified atom stereocenters. The normalized spacial score (nSPS) is 11.4. The molecule has 0 atom stereocenters. The van der Waals surface area contributed by atoms with E-state index in [-0.39, 0.29) is 0 Å². The zero-order valence-corrected chi connectivity index (χ0v) is 25.3. The monoisotopic (exact) mass is 601 g/mol. The van der Waals surface area contributed by atoms with Crippen molar-refractivity contribution in [3.63, 3.8) is 0 Å². The number of hydrogen-bond donors (Lipinski definition) is 0. The maximum absolute atomic E-state index is 6.58. The van der Waals surface area contributed by atoms with Crippen LogP contribution in [0.1, 0.15) is 0 Å². The lowest BCUT2D eigenvalue weighted by Gasteiger charge is -2.12. The Bertz CT molecular complexity index is 2570. The molecule has 0 spiro atoms. The second-order valence-electron chi connectivity index (χ2n) is 11.6. The van der Waals surface area contributed by atoms with Crippen LogP contribution in [0.2, 0.25) is 0 Å². The summed E-state index contributed by atoms with van der Waals surface area (Å²) in [6.45, 7) is 0. The Morgan fingerprint density at radius 1 is 0.362 bits per heavy atom. The van der Waals surface area contributed by atoms with Crippen LogP contribution >= 0.6 is 0 Å². The molecule has 9 rings (SSSR count). The number of rotatable bonds is 5. The van der Waals surface area contributed by atoms with Crippen LogP contribution in [-0.4, -0.2) is 15.0 Å². The summed E-state index contributed by atoms with van der Waals surface area (Å²) >= 11 is 0. The molecule has 2 aromatic heterocycles. The highest BCUT2D eigenvalue weighted by atomic mass is 16.3. The van der Waals surface area contributed by atoms with Crippen LogP contribution in [0.4, 0.5) is 0 Å². The molecule has 4 heteroatoms. The summed E-state index contributed by atoms with van der Waals surface area (Å²) < 4.78 is 6.58. The Kier molecular flexibility index (Phi) is 6.43. The first-order valence-electron chi connectivity index (χ1n) is 15.7. The van der Waals surface area contributed by atoms with Gasteiger partial charge in [0.1, 0.15) is 11.2 Å². The van der Waals surface area contributed by atoms with E-state index >= 15 is 0 Å². The first-order valence-corrected chi connectivity index (χ1v) is 15.7. The van der Waals surface area contributed by atoms with Gasteiger partial charge in [0, 0.05) is 33.0 Å². The summed E-state index contributed by atoms with van der Waals surface area (Å²) in [5.74, 6) is 1.84. The van der Waals surface area contributed by atoms with E-state index in [9.17, 15) is 0 Å². The topological polar surface area (TPSA) is 51.8 Å². The van der Waals surface area contributed by atoms with E-state index in [4.69, 9.17) is 19.4 Å².